The maximum Gasteiger partial charge on any atom is 0.289 e. The van der Waals surface area contributed by atoms with Gasteiger partial charge in [-0.25, -0.2) is 4.98 Å². The third-order valence-electron chi connectivity index (χ3n) is 5.20. The molecule has 124 valence electrons. The molecule has 5 rings (SSSR count). The van der Waals surface area contributed by atoms with E-state index in [0.29, 0.717) is 29.1 Å². The topological polar surface area (TPSA) is 87.2 Å². The summed E-state index contributed by atoms with van der Waals surface area (Å²) in [4.78, 5) is 30.4. The zero-order chi connectivity index (χ0) is 16.3. The van der Waals surface area contributed by atoms with Crippen molar-refractivity contribution >= 4 is 22.8 Å². The van der Waals surface area contributed by atoms with Crippen LogP contribution in [0.2, 0.25) is 0 Å². The number of aromatic nitrogens is 1. The predicted octanol–water partition coefficient (Wildman–Crippen LogP) is 0.906. The van der Waals surface area contributed by atoms with E-state index in [0.717, 1.165) is 31.3 Å². The first-order valence-electron chi connectivity index (χ1n) is 8.43. The Morgan fingerprint density at radius 2 is 2.17 bits per heavy atom. The maximum absolute atomic E-state index is 12.5. The van der Waals surface area contributed by atoms with E-state index in [1.165, 1.54) is 12.6 Å². The van der Waals surface area contributed by atoms with Crippen LogP contribution in [0.25, 0.3) is 11.0 Å². The van der Waals surface area contributed by atoms with Crippen molar-refractivity contribution < 1.29 is 14.0 Å². The van der Waals surface area contributed by atoms with Crippen LogP contribution in [0, 0.1) is 0 Å². The molecule has 0 radical (unpaired) electrons. The Bertz CT molecular complexity index is 841. The summed E-state index contributed by atoms with van der Waals surface area (Å²) in [5.41, 5.74) is 0.884. The molecule has 3 fully saturated rings. The van der Waals surface area contributed by atoms with Gasteiger partial charge in [-0.15, -0.1) is 0 Å². The van der Waals surface area contributed by atoms with Crippen molar-refractivity contribution in [3.63, 3.8) is 0 Å². The Balaban J connectivity index is 1.36. The first-order valence-corrected chi connectivity index (χ1v) is 8.43. The molecular formula is C17H18N4O3. The van der Waals surface area contributed by atoms with Crippen LogP contribution in [-0.2, 0) is 0 Å². The first kappa shape index (κ1) is 14.0. The van der Waals surface area contributed by atoms with Crippen LogP contribution >= 0.6 is 0 Å². The summed E-state index contributed by atoms with van der Waals surface area (Å²) in [5, 5.41) is 7.31. The maximum atomic E-state index is 12.5. The lowest BCUT2D eigenvalue weighted by Gasteiger charge is -2.21. The van der Waals surface area contributed by atoms with Gasteiger partial charge in [0.05, 0.1) is 6.20 Å². The van der Waals surface area contributed by atoms with E-state index in [2.05, 4.69) is 15.6 Å². The number of carbonyl (C=O) groups excluding carboxylic acids is 2. The second-order valence-corrected chi connectivity index (χ2v) is 6.87. The molecule has 2 N–H and O–H groups in total. The SMILES string of the molecule is O=C(N[C@@H]1C[C@H]2CC[C@@H]1N2)c1cc2cc(C(=O)N3CC3)oc2cn1. The summed E-state index contributed by atoms with van der Waals surface area (Å²) >= 11 is 0. The number of pyridine rings is 1. The Morgan fingerprint density at radius 3 is 2.88 bits per heavy atom. The largest absolute Gasteiger partial charge is 0.449 e. The standard InChI is InChI=1S/C17H18N4O3/c22-16(20-12-7-10-1-2-11(12)19-10)13-5-9-6-14(17(23)21-3-4-21)24-15(9)8-18-13/h5-6,8,10-12,19H,1-4,7H2,(H,20,22)/t10-,11+,12-/m1/s1. The molecular weight excluding hydrogens is 308 g/mol. The summed E-state index contributed by atoms with van der Waals surface area (Å²) in [7, 11) is 0. The highest BCUT2D eigenvalue weighted by Crippen LogP contribution is 2.28. The molecule has 2 aromatic rings. The first-order chi connectivity index (χ1) is 11.7. The van der Waals surface area contributed by atoms with E-state index in [-0.39, 0.29) is 17.9 Å². The molecule has 7 heteroatoms. The predicted molar refractivity (Wildman–Crippen MR) is 85.7 cm³/mol. The minimum absolute atomic E-state index is 0.106. The average molecular weight is 326 g/mol. The number of fused-ring (bicyclic) bond motifs is 3. The Kier molecular flexibility index (Phi) is 2.94. The third-order valence-corrected chi connectivity index (χ3v) is 5.20. The van der Waals surface area contributed by atoms with Gasteiger partial charge < -0.3 is 20.0 Å². The molecule has 2 amide bonds. The van der Waals surface area contributed by atoms with Gasteiger partial charge in [0.15, 0.2) is 11.3 Å². The van der Waals surface area contributed by atoms with Crippen molar-refractivity contribution in [1.82, 2.24) is 20.5 Å². The lowest BCUT2D eigenvalue weighted by molar-refractivity contribution is 0.0857. The van der Waals surface area contributed by atoms with Gasteiger partial charge in [-0.05, 0) is 31.4 Å². The van der Waals surface area contributed by atoms with Gasteiger partial charge in [0.2, 0.25) is 0 Å². The smallest absolute Gasteiger partial charge is 0.289 e. The fourth-order valence-corrected chi connectivity index (χ4v) is 3.81. The highest BCUT2D eigenvalue weighted by Gasteiger charge is 2.39. The van der Waals surface area contributed by atoms with Gasteiger partial charge in [0.1, 0.15) is 5.69 Å². The monoisotopic (exact) mass is 326 g/mol. The summed E-state index contributed by atoms with van der Waals surface area (Å²) in [6, 6.07) is 4.48. The summed E-state index contributed by atoms with van der Waals surface area (Å²) in [6.45, 7) is 1.55. The third kappa shape index (κ3) is 2.27. The Labute approximate surface area is 138 Å². The van der Waals surface area contributed by atoms with E-state index in [1.54, 1.807) is 17.0 Å². The van der Waals surface area contributed by atoms with E-state index in [1.807, 2.05) is 0 Å². The quantitative estimate of drug-likeness (QED) is 0.819. The minimum atomic E-state index is -0.170. The molecule has 0 aliphatic carbocycles. The molecule has 7 nitrogen and oxygen atoms in total. The van der Waals surface area contributed by atoms with Gasteiger partial charge in [0, 0.05) is 36.6 Å². The van der Waals surface area contributed by atoms with Crippen molar-refractivity contribution in [3.8, 4) is 0 Å². The number of nitrogens with one attached hydrogen (secondary N) is 2. The number of rotatable bonds is 3. The van der Waals surface area contributed by atoms with E-state index in [4.69, 9.17) is 4.42 Å². The second-order valence-electron chi connectivity index (χ2n) is 6.87. The second kappa shape index (κ2) is 5.04. The minimum Gasteiger partial charge on any atom is -0.449 e. The van der Waals surface area contributed by atoms with E-state index < -0.39 is 0 Å². The average Bonchev–Trinajstić information content (AvgIpc) is 3.03. The van der Waals surface area contributed by atoms with Crippen LogP contribution in [0.15, 0.2) is 22.7 Å². The fraction of sp³-hybridized carbons (Fsp3) is 0.471. The molecule has 0 unspecified atom stereocenters. The van der Waals surface area contributed by atoms with Gasteiger partial charge in [-0.1, -0.05) is 0 Å². The summed E-state index contributed by atoms with van der Waals surface area (Å²) in [6.07, 6.45) is 4.82. The molecule has 0 spiro atoms. The fourth-order valence-electron chi connectivity index (χ4n) is 3.81. The van der Waals surface area contributed by atoms with E-state index >= 15 is 0 Å². The molecule has 3 atom stereocenters. The molecule has 0 aromatic carbocycles. The molecule has 3 saturated heterocycles. The summed E-state index contributed by atoms with van der Waals surface area (Å²) < 4.78 is 5.54. The zero-order valence-electron chi connectivity index (χ0n) is 13.1. The molecule has 3 aliphatic heterocycles. The number of amides is 2. The molecule has 2 bridgehead atoms. The molecule has 3 aliphatic rings. The molecule has 24 heavy (non-hydrogen) atoms. The van der Waals surface area contributed by atoms with Crippen LogP contribution < -0.4 is 10.6 Å². The number of carbonyl (C=O) groups is 2. The molecule has 2 aromatic heterocycles. The molecule has 0 saturated carbocycles. The number of hydrogen-bond acceptors (Lipinski definition) is 5. The highest BCUT2D eigenvalue weighted by atomic mass is 16.3. The van der Waals surface area contributed by atoms with Crippen molar-refractivity contribution in [2.45, 2.75) is 37.4 Å². The van der Waals surface area contributed by atoms with Crippen LogP contribution in [0.1, 0.15) is 40.3 Å². The molecule has 5 heterocycles. The van der Waals surface area contributed by atoms with Crippen molar-refractivity contribution in [3.05, 3.63) is 29.8 Å². The number of hydrogen-bond donors (Lipinski definition) is 2. The summed E-state index contributed by atoms with van der Waals surface area (Å²) in [5.74, 6) is 0.0284. The Morgan fingerprint density at radius 1 is 1.29 bits per heavy atom. The van der Waals surface area contributed by atoms with Crippen LogP contribution in [0.5, 0.6) is 0 Å². The normalized spacial score (nSPS) is 27.7. The van der Waals surface area contributed by atoms with Gasteiger partial charge in [-0.3, -0.25) is 9.59 Å². The number of furan rings is 1. The van der Waals surface area contributed by atoms with Crippen LogP contribution in [0.3, 0.4) is 0 Å². The lowest BCUT2D eigenvalue weighted by Crippen LogP contribution is -2.43. The lowest BCUT2D eigenvalue weighted by atomic mass is 9.95. The van der Waals surface area contributed by atoms with Crippen molar-refractivity contribution in [2.75, 3.05) is 13.1 Å². The van der Waals surface area contributed by atoms with Crippen LogP contribution in [-0.4, -0.2) is 52.9 Å². The van der Waals surface area contributed by atoms with Gasteiger partial charge in [0.25, 0.3) is 11.8 Å². The highest BCUT2D eigenvalue weighted by molar-refractivity contribution is 5.99. The van der Waals surface area contributed by atoms with Crippen LogP contribution in [0.4, 0.5) is 0 Å². The Hall–Kier alpha value is -2.41. The van der Waals surface area contributed by atoms with Gasteiger partial charge in [-0.2, -0.15) is 0 Å². The van der Waals surface area contributed by atoms with Crippen molar-refractivity contribution in [2.24, 2.45) is 0 Å². The zero-order valence-corrected chi connectivity index (χ0v) is 13.1. The van der Waals surface area contributed by atoms with E-state index in [9.17, 15) is 9.59 Å². The van der Waals surface area contributed by atoms with Gasteiger partial charge >= 0.3 is 0 Å². The van der Waals surface area contributed by atoms with Crippen molar-refractivity contribution in [1.29, 1.82) is 0 Å². The number of nitrogens with zero attached hydrogens (tertiary/aromatic N) is 2.